The number of nitrogens with one attached hydrogen (secondary N) is 1. The largest absolute Gasteiger partial charge is 0.383 e. The molecule has 0 radical (unpaired) electrons. The molecule has 1 aromatic heterocycles. The molecule has 3 nitrogen and oxygen atoms in total. The maximum Gasteiger partial charge on any atom is 0.141 e. The van der Waals surface area contributed by atoms with Gasteiger partial charge in [0.25, 0.3) is 0 Å². The van der Waals surface area contributed by atoms with Crippen molar-refractivity contribution >= 4 is 22.9 Å². The first-order valence-electron chi connectivity index (χ1n) is 8.96. The first-order valence-corrected chi connectivity index (χ1v) is 9.84. The minimum atomic E-state index is 0.486. The van der Waals surface area contributed by atoms with Crippen LogP contribution in [0, 0.1) is 6.92 Å². The van der Waals surface area contributed by atoms with E-state index in [1.807, 2.05) is 17.5 Å². The number of nitrogens with zero attached hydrogens (tertiary/aromatic N) is 1. The average molecular weight is 362 g/mol. The van der Waals surface area contributed by atoms with Crippen LogP contribution in [0.25, 0.3) is 0 Å². The molecular formula is C22H23N3S. The summed E-state index contributed by atoms with van der Waals surface area (Å²) in [6.45, 7) is 3.03. The van der Waals surface area contributed by atoms with E-state index in [1.165, 1.54) is 22.3 Å². The van der Waals surface area contributed by atoms with Crippen LogP contribution in [0.5, 0.6) is 0 Å². The van der Waals surface area contributed by atoms with Crippen molar-refractivity contribution in [3.05, 3.63) is 87.1 Å². The van der Waals surface area contributed by atoms with E-state index in [1.54, 1.807) is 11.3 Å². The van der Waals surface area contributed by atoms with Crippen molar-refractivity contribution in [2.45, 2.75) is 32.4 Å². The minimum absolute atomic E-state index is 0.486. The molecule has 1 unspecified atom stereocenters. The summed E-state index contributed by atoms with van der Waals surface area (Å²) in [6, 6.07) is 19.7. The maximum absolute atomic E-state index is 6.11. The predicted molar refractivity (Wildman–Crippen MR) is 110 cm³/mol. The topological polar surface area (TPSA) is 50.4 Å². The molecule has 132 valence electrons. The van der Waals surface area contributed by atoms with E-state index >= 15 is 0 Å². The summed E-state index contributed by atoms with van der Waals surface area (Å²) in [6.07, 6.45) is 2.12. The second kappa shape index (κ2) is 7.44. The van der Waals surface area contributed by atoms with Gasteiger partial charge in [0, 0.05) is 12.6 Å². The fraction of sp³-hybridized carbons (Fsp3) is 0.227. The van der Waals surface area contributed by atoms with Crippen LogP contribution in [0.2, 0.25) is 0 Å². The summed E-state index contributed by atoms with van der Waals surface area (Å²) in [5.74, 6) is 0.590. The molecule has 0 spiro atoms. The van der Waals surface area contributed by atoms with Crippen molar-refractivity contribution in [2.24, 2.45) is 10.7 Å². The van der Waals surface area contributed by atoms with E-state index in [0.717, 1.165) is 30.0 Å². The standard InChI is InChI=1S/C22H23N3S/c1-15-4-6-16(7-5-15)14-24-20-11-17-8-9-19(12-18(17)13-20)25-22(23)21-3-2-10-26-21/h2-10,12,20,24H,11,13-14H2,1H3,(H2,23,25). The molecule has 3 aromatic rings. The van der Waals surface area contributed by atoms with Gasteiger partial charge in [0.2, 0.25) is 0 Å². The fourth-order valence-electron chi connectivity index (χ4n) is 3.41. The molecule has 0 amide bonds. The SMILES string of the molecule is Cc1ccc(CNC2Cc3ccc(N=C(N)c4cccs4)cc3C2)cc1. The maximum atomic E-state index is 6.11. The van der Waals surface area contributed by atoms with Crippen molar-refractivity contribution in [2.75, 3.05) is 0 Å². The minimum Gasteiger partial charge on any atom is -0.383 e. The number of hydrogen-bond donors (Lipinski definition) is 2. The fourth-order valence-corrected chi connectivity index (χ4v) is 4.03. The van der Waals surface area contributed by atoms with Crippen LogP contribution in [0.1, 0.15) is 27.1 Å². The van der Waals surface area contributed by atoms with Crippen LogP contribution >= 0.6 is 11.3 Å². The van der Waals surface area contributed by atoms with E-state index in [9.17, 15) is 0 Å². The van der Waals surface area contributed by atoms with Gasteiger partial charge in [-0.3, -0.25) is 0 Å². The van der Waals surface area contributed by atoms with E-state index < -0.39 is 0 Å². The lowest BCUT2D eigenvalue weighted by Crippen LogP contribution is -2.28. The molecule has 1 atom stereocenters. The second-order valence-electron chi connectivity index (χ2n) is 6.90. The number of hydrogen-bond acceptors (Lipinski definition) is 3. The molecule has 2 aromatic carbocycles. The van der Waals surface area contributed by atoms with Gasteiger partial charge in [0.05, 0.1) is 10.6 Å². The molecule has 1 aliphatic rings. The van der Waals surface area contributed by atoms with E-state index in [4.69, 9.17) is 5.73 Å². The summed E-state index contributed by atoms with van der Waals surface area (Å²) in [7, 11) is 0. The normalized spacial score (nSPS) is 16.7. The number of thiophene rings is 1. The number of aliphatic imine (C=N–C) groups is 1. The van der Waals surface area contributed by atoms with Gasteiger partial charge < -0.3 is 11.1 Å². The third-order valence-corrected chi connectivity index (χ3v) is 5.75. The van der Waals surface area contributed by atoms with Gasteiger partial charge in [-0.1, -0.05) is 42.0 Å². The van der Waals surface area contributed by atoms with Crippen molar-refractivity contribution in [3.8, 4) is 0 Å². The van der Waals surface area contributed by atoms with Gasteiger partial charge >= 0.3 is 0 Å². The highest BCUT2D eigenvalue weighted by Gasteiger charge is 2.21. The Hall–Kier alpha value is -2.43. The summed E-state index contributed by atoms with van der Waals surface area (Å²) in [5, 5.41) is 5.71. The summed E-state index contributed by atoms with van der Waals surface area (Å²) in [4.78, 5) is 5.61. The zero-order chi connectivity index (χ0) is 17.9. The van der Waals surface area contributed by atoms with Gasteiger partial charge in [-0.05, 0) is 60.0 Å². The third-order valence-electron chi connectivity index (χ3n) is 4.86. The zero-order valence-electron chi connectivity index (χ0n) is 14.9. The number of rotatable bonds is 5. The zero-order valence-corrected chi connectivity index (χ0v) is 15.7. The highest BCUT2D eigenvalue weighted by atomic mass is 32.1. The number of nitrogens with two attached hydrogens (primary N) is 1. The first kappa shape index (κ1) is 17.0. The van der Waals surface area contributed by atoms with Crippen molar-refractivity contribution in [1.29, 1.82) is 0 Å². The Morgan fingerprint density at radius 3 is 2.69 bits per heavy atom. The van der Waals surface area contributed by atoms with Crippen molar-refractivity contribution in [1.82, 2.24) is 5.32 Å². The van der Waals surface area contributed by atoms with E-state index in [0.29, 0.717) is 11.9 Å². The lowest BCUT2D eigenvalue weighted by atomic mass is 10.1. The average Bonchev–Trinajstić information content (AvgIpc) is 3.30. The van der Waals surface area contributed by atoms with Crippen LogP contribution in [0.4, 0.5) is 5.69 Å². The summed E-state index contributed by atoms with van der Waals surface area (Å²) >= 11 is 1.62. The molecule has 4 heteroatoms. The molecule has 0 saturated carbocycles. The van der Waals surface area contributed by atoms with Crippen LogP contribution in [-0.4, -0.2) is 11.9 Å². The van der Waals surface area contributed by atoms with Gasteiger partial charge in [0.15, 0.2) is 0 Å². The lowest BCUT2D eigenvalue weighted by molar-refractivity contribution is 0.533. The Labute approximate surface area is 158 Å². The Morgan fingerprint density at radius 2 is 1.92 bits per heavy atom. The predicted octanol–water partition coefficient (Wildman–Crippen LogP) is 4.35. The number of benzene rings is 2. The Balaban J connectivity index is 1.41. The molecule has 0 bridgehead atoms. The van der Waals surface area contributed by atoms with E-state index in [-0.39, 0.29) is 0 Å². The molecular weight excluding hydrogens is 338 g/mol. The highest BCUT2D eigenvalue weighted by Crippen LogP contribution is 2.27. The molecule has 0 aliphatic heterocycles. The first-order chi connectivity index (χ1) is 12.7. The number of amidine groups is 1. The van der Waals surface area contributed by atoms with E-state index in [2.05, 4.69) is 59.7 Å². The molecule has 3 N–H and O–H groups in total. The summed E-state index contributed by atoms with van der Waals surface area (Å²) < 4.78 is 0. The molecule has 26 heavy (non-hydrogen) atoms. The smallest absolute Gasteiger partial charge is 0.141 e. The van der Waals surface area contributed by atoms with Crippen molar-refractivity contribution < 1.29 is 0 Å². The molecule has 4 rings (SSSR count). The molecule has 0 fully saturated rings. The van der Waals surface area contributed by atoms with Gasteiger partial charge in [-0.15, -0.1) is 11.3 Å². The van der Waals surface area contributed by atoms with Crippen LogP contribution in [0.15, 0.2) is 65.0 Å². The van der Waals surface area contributed by atoms with Gasteiger partial charge in [-0.25, -0.2) is 4.99 Å². The molecule has 1 heterocycles. The number of aryl methyl sites for hydroxylation is 1. The molecule has 0 saturated heterocycles. The molecule has 1 aliphatic carbocycles. The third kappa shape index (κ3) is 3.87. The van der Waals surface area contributed by atoms with Crippen molar-refractivity contribution in [3.63, 3.8) is 0 Å². The monoisotopic (exact) mass is 361 g/mol. The second-order valence-corrected chi connectivity index (χ2v) is 7.85. The summed E-state index contributed by atoms with van der Waals surface area (Å²) in [5.41, 5.74) is 12.5. The highest BCUT2D eigenvalue weighted by molar-refractivity contribution is 7.12. The van der Waals surface area contributed by atoms with Crippen LogP contribution in [-0.2, 0) is 19.4 Å². The van der Waals surface area contributed by atoms with Crippen LogP contribution < -0.4 is 11.1 Å². The Bertz CT molecular complexity index is 911. The Morgan fingerprint density at radius 1 is 1.12 bits per heavy atom. The lowest BCUT2D eigenvalue weighted by Gasteiger charge is -2.12. The quantitative estimate of drug-likeness (QED) is 0.524. The number of fused-ring (bicyclic) bond motifs is 1. The van der Waals surface area contributed by atoms with Crippen LogP contribution in [0.3, 0.4) is 0 Å². The van der Waals surface area contributed by atoms with Gasteiger partial charge in [0.1, 0.15) is 5.84 Å². The van der Waals surface area contributed by atoms with Gasteiger partial charge in [-0.2, -0.15) is 0 Å². The Kier molecular flexibility index (Phi) is 4.87.